The summed E-state index contributed by atoms with van der Waals surface area (Å²) in [7, 11) is 0. The highest BCUT2D eigenvalue weighted by atomic mass is 16.5. The van der Waals surface area contributed by atoms with Gasteiger partial charge in [-0.2, -0.15) is 0 Å². The molecular weight excluding hydrogens is 246 g/mol. The quantitative estimate of drug-likeness (QED) is 0.885. The van der Waals surface area contributed by atoms with Crippen LogP contribution in [-0.4, -0.2) is 19.2 Å². The lowest BCUT2D eigenvalue weighted by Crippen LogP contribution is -2.41. The van der Waals surface area contributed by atoms with Crippen molar-refractivity contribution in [3.05, 3.63) is 47.2 Å². The van der Waals surface area contributed by atoms with Crippen LogP contribution in [-0.2, 0) is 17.6 Å². The SMILES string of the molecule is CCCNC(C1=CCCO1)C1CCc2ccccc2C1. The molecule has 2 atom stereocenters. The Morgan fingerprint density at radius 2 is 2.15 bits per heavy atom. The summed E-state index contributed by atoms with van der Waals surface area (Å²) in [5, 5.41) is 3.72. The number of hydrogen-bond donors (Lipinski definition) is 1. The first kappa shape index (κ1) is 13.7. The number of fused-ring (bicyclic) bond motifs is 1. The number of hydrogen-bond acceptors (Lipinski definition) is 2. The Bertz CT molecular complexity index is 480. The molecule has 0 saturated carbocycles. The molecule has 3 rings (SSSR count). The van der Waals surface area contributed by atoms with Crippen LogP contribution >= 0.6 is 0 Å². The summed E-state index contributed by atoms with van der Waals surface area (Å²) in [5.74, 6) is 1.86. The second-order valence-corrected chi connectivity index (χ2v) is 5.95. The van der Waals surface area contributed by atoms with Gasteiger partial charge < -0.3 is 10.1 Å². The number of nitrogens with one attached hydrogen (secondary N) is 1. The summed E-state index contributed by atoms with van der Waals surface area (Å²) in [6.45, 7) is 4.16. The molecule has 0 fully saturated rings. The lowest BCUT2D eigenvalue weighted by Gasteiger charge is -2.32. The molecule has 0 bridgehead atoms. The van der Waals surface area contributed by atoms with Crippen molar-refractivity contribution in [2.75, 3.05) is 13.2 Å². The minimum atomic E-state index is 0.408. The number of aryl methyl sites for hydroxylation is 1. The molecule has 0 radical (unpaired) electrons. The molecule has 2 heteroatoms. The maximum Gasteiger partial charge on any atom is 0.109 e. The predicted molar refractivity (Wildman–Crippen MR) is 82.7 cm³/mol. The van der Waals surface area contributed by atoms with E-state index in [0.717, 1.165) is 19.6 Å². The Kier molecular flexibility index (Phi) is 4.41. The van der Waals surface area contributed by atoms with Crippen molar-refractivity contribution < 1.29 is 4.74 Å². The van der Waals surface area contributed by atoms with E-state index in [0.29, 0.717) is 12.0 Å². The minimum absolute atomic E-state index is 0.408. The lowest BCUT2D eigenvalue weighted by molar-refractivity contribution is 0.186. The minimum Gasteiger partial charge on any atom is -0.496 e. The van der Waals surface area contributed by atoms with Crippen LogP contribution in [0.5, 0.6) is 0 Å². The van der Waals surface area contributed by atoms with Crippen molar-refractivity contribution >= 4 is 0 Å². The highest BCUT2D eigenvalue weighted by molar-refractivity contribution is 5.30. The molecule has 0 aromatic heterocycles. The molecule has 0 saturated heterocycles. The van der Waals surface area contributed by atoms with Gasteiger partial charge in [0.2, 0.25) is 0 Å². The van der Waals surface area contributed by atoms with E-state index < -0.39 is 0 Å². The van der Waals surface area contributed by atoms with E-state index >= 15 is 0 Å². The largest absolute Gasteiger partial charge is 0.496 e. The van der Waals surface area contributed by atoms with Crippen molar-refractivity contribution in [1.82, 2.24) is 5.32 Å². The number of benzene rings is 1. The fourth-order valence-corrected chi connectivity index (χ4v) is 3.46. The first-order valence-electron chi connectivity index (χ1n) is 8.01. The van der Waals surface area contributed by atoms with Gasteiger partial charge in [-0.15, -0.1) is 0 Å². The van der Waals surface area contributed by atoms with Gasteiger partial charge in [-0.1, -0.05) is 31.2 Å². The highest BCUT2D eigenvalue weighted by Crippen LogP contribution is 2.31. The molecule has 1 aromatic carbocycles. The average molecular weight is 271 g/mol. The van der Waals surface area contributed by atoms with Gasteiger partial charge in [-0.05, 0) is 55.3 Å². The highest BCUT2D eigenvalue weighted by Gasteiger charge is 2.30. The first-order chi connectivity index (χ1) is 9.88. The van der Waals surface area contributed by atoms with E-state index in [2.05, 4.69) is 42.6 Å². The second kappa shape index (κ2) is 6.45. The summed E-state index contributed by atoms with van der Waals surface area (Å²) in [6.07, 6.45) is 8.18. The van der Waals surface area contributed by atoms with Crippen LogP contribution in [0.2, 0.25) is 0 Å². The van der Waals surface area contributed by atoms with E-state index in [1.165, 1.54) is 37.0 Å². The molecule has 2 aliphatic rings. The van der Waals surface area contributed by atoms with Crippen molar-refractivity contribution in [3.8, 4) is 0 Å². The fourth-order valence-electron chi connectivity index (χ4n) is 3.46. The van der Waals surface area contributed by atoms with Gasteiger partial charge in [0.05, 0.1) is 12.6 Å². The molecule has 108 valence electrons. The van der Waals surface area contributed by atoms with Crippen LogP contribution < -0.4 is 5.32 Å². The molecule has 1 aliphatic heterocycles. The van der Waals surface area contributed by atoms with E-state index in [4.69, 9.17) is 4.74 Å². The monoisotopic (exact) mass is 271 g/mol. The van der Waals surface area contributed by atoms with Gasteiger partial charge in [0, 0.05) is 6.42 Å². The molecule has 20 heavy (non-hydrogen) atoms. The Hall–Kier alpha value is -1.28. The Labute approximate surface area is 122 Å². The van der Waals surface area contributed by atoms with Crippen LogP contribution in [0.1, 0.15) is 37.3 Å². The van der Waals surface area contributed by atoms with Crippen LogP contribution in [0.3, 0.4) is 0 Å². The van der Waals surface area contributed by atoms with E-state index in [1.54, 1.807) is 5.56 Å². The Morgan fingerprint density at radius 3 is 2.90 bits per heavy atom. The number of ether oxygens (including phenoxy) is 1. The van der Waals surface area contributed by atoms with Crippen LogP contribution in [0, 0.1) is 5.92 Å². The van der Waals surface area contributed by atoms with Crippen molar-refractivity contribution in [2.24, 2.45) is 5.92 Å². The Balaban J connectivity index is 1.75. The summed E-state index contributed by atoms with van der Waals surface area (Å²) < 4.78 is 5.85. The molecule has 2 nitrogen and oxygen atoms in total. The standard InChI is InChI=1S/C18H25NO/c1-2-11-19-18(17-8-5-12-20-17)16-10-9-14-6-3-4-7-15(14)13-16/h3-4,6-8,16,18-19H,2,5,9-13H2,1H3. The third-order valence-electron chi connectivity index (χ3n) is 4.51. The van der Waals surface area contributed by atoms with Gasteiger partial charge in [0.15, 0.2) is 0 Å². The molecule has 1 aliphatic carbocycles. The summed E-state index contributed by atoms with van der Waals surface area (Å²) in [6, 6.07) is 9.31. The van der Waals surface area contributed by atoms with Gasteiger partial charge in [0.1, 0.15) is 5.76 Å². The predicted octanol–water partition coefficient (Wildman–Crippen LogP) is 3.46. The molecular formula is C18H25NO. The van der Waals surface area contributed by atoms with Crippen molar-refractivity contribution in [2.45, 2.75) is 45.1 Å². The van der Waals surface area contributed by atoms with Crippen molar-refractivity contribution in [1.29, 1.82) is 0 Å². The summed E-state index contributed by atoms with van der Waals surface area (Å²) in [5.41, 5.74) is 3.07. The molecule has 0 spiro atoms. The van der Waals surface area contributed by atoms with Crippen LogP contribution in [0.15, 0.2) is 36.1 Å². The number of rotatable bonds is 5. The third-order valence-corrected chi connectivity index (χ3v) is 4.51. The Morgan fingerprint density at radius 1 is 1.30 bits per heavy atom. The van der Waals surface area contributed by atoms with E-state index in [1.807, 2.05) is 0 Å². The third kappa shape index (κ3) is 2.90. The first-order valence-corrected chi connectivity index (χ1v) is 8.01. The van der Waals surface area contributed by atoms with Crippen LogP contribution in [0.25, 0.3) is 0 Å². The maximum atomic E-state index is 5.85. The van der Waals surface area contributed by atoms with Gasteiger partial charge in [0.25, 0.3) is 0 Å². The normalized spacial score (nSPS) is 22.9. The zero-order valence-electron chi connectivity index (χ0n) is 12.4. The van der Waals surface area contributed by atoms with Gasteiger partial charge in [-0.3, -0.25) is 0 Å². The fraction of sp³-hybridized carbons (Fsp3) is 0.556. The summed E-state index contributed by atoms with van der Waals surface area (Å²) >= 11 is 0. The van der Waals surface area contributed by atoms with Crippen LogP contribution in [0.4, 0.5) is 0 Å². The van der Waals surface area contributed by atoms with E-state index in [9.17, 15) is 0 Å². The smallest absolute Gasteiger partial charge is 0.109 e. The second-order valence-electron chi connectivity index (χ2n) is 5.95. The topological polar surface area (TPSA) is 21.3 Å². The molecule has 0 amide bonds. The molecule has 1 N–H and O–H groups in total. The maximum absolute atomic E-state index is 5.85. The lowest BCUT2D eigenvalue weighted by atomic mass is 9.79. The zero-order valence-corrected chi connectivity index (χ0v) is 12.4. The molecule has 1 aromatic rings. The van der Waals surface area contributed by atoms with Gasteiger partial charge >= 0.3 is 0 Å². The molecule has 2 unspecified atom stereocenters. The summed E-state index contributed by atoms with van der Waals surface area (Å²) in [4.78, 5) is 0. The average Bonchev–Trinajstić information content (AvgIpc) is 3.02. The van der Waals surface area contributed by atoms with Gasteiger partial charge in [-0.25, -0.2) is 0 Å². The van der Waals surface area contributed by atoms with Crippen molar-refractivity contribution in [3.63, 3.8) is 0 Å². The van der Waals surface area contributed by atoms with E-state index in [-0.39, 0.29) is 0 Å². The molecule has 1 heterocycles. The zero-order chi connectivity index (χ0) is 13.8.